The molecule has 2 unspecified atom stereocenters. The molecular formula is C16H32N4. The number of piperidine rings is 1. The topological polar surface area (TPSA) is 35.7 Å². The Labute approximate surface area is 124 Å². The second kappa shape index (κ2) is 6.30. The van der Waals surface area contributed by atoms with E-state index in [1.54, 1.807) is 0 Å². The van der Waals surface area contributed by atoms with Crippen LogP contribution in [-0.2, 0) is 0 Å². The SMILES string of the molecule is CN1CCCC(CN)(N2CCN3CCCCC3C2)CC1. The van der Waals surface area contributed by atoms with E-state index in [0.717, 1.165) is 12.6 Å². The molecule has 2 N–H and O–H groups in total. The van der Waals surface area contributed by atoms with Crippen molar-refractivity contribution in [2.75, 3.05) is 52.9 Å². The molecule has 3 aliphatic rings. The summed E-state index contributed by atoms with van der Waals surface area (Å²) in [7, 11) is 2.26. The van der Waals surface area contributed by atoms with E-state index >= 15 is 0 Å². The Morgan fingerprint density at radius 2 is 1.90 bits per heavy atom. The highest BCUT2D eigenvalue weighted by Gasteiger charge is 2.40. The molecule has 3 saturated heterocycles. The zero-order chi connectivity index (χ0) is 14.0. The molecule has 0 aromatic rings. The van der Waals surface area contributed by atoms with Crippen molar-refractivity contribution in [1.82, 2.24) is 14.7 Å². The fraction of sp³-hybridized carbons (Fsp3) is 1.00. The Balaban J connectivity index is 1.69. The van der Waals surface area contributed by atoms with Crippen LogP contribution in [0.3, 0.4) is 0 Å². The normalized spacial score (nSPS) is 38.4. The predicted octanol–water partition coefficient (Wildman–Crippen LogP) is 0.970. The molecule has 4 heteroatoms. The third kappa shape index (κ3) is 2.89. The molecule has 3 aliphatic heterocycles. The smallest absolute Gasteiger partial charge is 0.0345 e. The molecule has 3 fully saturated rings. The van der Waals surface area contributed by atoms with Crippen LogP contribution in [0.25, 0.3) is 0 Å². The summed E-state index contributed by atoms with van der Waals surface area (Å²) in [5, 5.41) is 0. The summed E-state index contributed by atoms with van der Waals surface area (Å²) in [6.07, 6.45) is 8.08. The van der Waals surface area contributed by atoms with E-state index in [2.05, 4.69) is 21.7 Å². The highest BCUT2D eigenvalue weighted by Crippen LogP contribution is 2.32. The maximum atomic E-state index is 6.28. The van der Waals surface area contributed by atoms with Gasteiger partial charge < -0.3 is 10.6 Å². The van der Waals surface area contributed by atoms with Gasteiger partial charge in [0.05, 0.1) is 0 Å². The van der Waals surface area contributed by atoms with Crippen LogP contribution in [0, 0.1) is 0 Å². The largest absolute Gasteiger partial charge is 0.329 e. The van der Waals surface area contributed by atoms with Gasteiger partial charge in [0.2, 0.25) is 0 Å². The van der Waals surface area contributed by atoms with Crippen LogP contribution in [0.1, 0.15) is 38.5 Å². The lowest BCUT2D eigenvalue weighted by molar-refractivity contribution is -0.0169. The van der Waals surface area contributed by atoms with Gasteiger partial charge in [0.25, 0.3) is 0 Å². The highest BCUT2D eigenvalue weighted by molar-refractivity contribution is 4.98. The maximum Gasteiger partial charge on any atom is 0.0345 e. The molecular weight excluding hydrogens is 248 g/mol. The van der Waals surface area contributed by atoms with Gasteiger partial charge in [-0.1, -0.05) is 6.42 Å². The fourth-order valence-electron chi connectivity index (χ4n) is 4.55. The predicted molar refractivity (Wildman–Crippen MR) is 83.9 cm³/mol. The summed E-state index contributed by atoms with van der Waals surface area (Å²) < 4.78 is 0. The van der Waals surface area contributed by atoms with E-state index < -0.39 is 0 Å². The third-order valence-corrected chi connectivity index (χ3v) is 6.03. The number of likely N-dealkylation sites (tertiary alicyclic amines) is 1. The first kappa shape index (κ1) is 14.8. The van der Waals surface area contributed by atoms with Crippen molar-refractivity contribution >= 4 is 0 Å². The lowest BCUT2D eigenvalue weighted by Gasteiger charge is -2.51. The van der Waals surface area contributed by atoms with Crippen molar-refractivity contribution in [1.29, 1.82) is 0 Å². The Morgan fingerprint density at radius 1 is 1.00 bits per heavy atom. The Kier molecular flexibility index (Phi) is 4.65. The average molecular weight is 280 g/mol. The van der Waals surface area contributed by atoms with E-state index in [0.29, 0.717) is 0 Å². The third-order valence-electron chi connectivity index (χ3n) is 6.03. The van der Waals surface area contributed by atoms with E-state index in [-0.39, 0.29) is 5.54 Å². The van der Waals surface area contributed by atoms with Gasteiger partial charge in [0.1, 0.15) is 0 Å². The van der Waals surface area contributed by atoms with Crippen molar-refractivity contribution in [2.45, 2.75) is 50.1 Å². The number of nitrogens with zero attached hydrogens (tertiary/aromatic N) is 3. The summed E-state index contributed by atoms with van der Waals surface area (Å²) in [6, 6.07) is 0.807. The first-order valence-electron chi connectivity index (χ1n) is 8.61. The Hall–Kier alpha value is -0.160. The number of hydrogen-bond acceptors (Lipinski definition) is 4. The first-order valence-corrected chi connectivity index (χ1v) is 8.61. The summed E-state index contributed by atoms with van der Waals surface area (Å²) in [5.41, 5.74) is 6.56. The van der Waals surface area contributed by atoms with Gasteiger partial charge in [-0.2, -0.15) is 0 Å². The van der Waals surface area contributed by atoms with Crippen molar-refractivity contribution < 1.29 is 0 Å². The lowest BCUT2D eigenvalue weighted by Crippen LogP contribution is -2.64. The zero-order valence-electron chi connectivity index (χ0n) is 13.2. The number of hydrogen-bond donors (Lipinski definition) is 1. The minimum Gasteiger partial charge on any atom is -0.329 e. The Bertz CT molecular complexity index is 322. The number of piperazine rings is 1. The van der Waals surface area contributed by atoms with Crippen LogP contribution in [0.2, 0.25) is 0 Å². The molecule has 4 nitrogen and oxygen atoms in total. The van der Waals surface area contributed by atoms with E-state index in [1.807, 2.05) is 0 Å². The van der Waals surface area contributed by atoms with Crippen LogP contribution in [0.15, 0.2) is 0 Å². The summed E-state index contributed by atoms with van der Waals surface area (Å²) in [6.45, 7) is 8.39. The highest BCUT2D eigenvalue weighted by atomic mass is 15.3. The molecule has 2 atom stereocenters. The van der Waals surface area contributed by atoms with Crippen molar-refractivity contribution in [3.8, 4) is 0 Å². The fourth-order valence-corrected chi connectivity index (χ4v) is 4.55. The molecule has 20 heavy (non-hydrogen) atoms. The van der Waals surface area contributed by atoms with Crippen LogP contribution in [0.4, 0.5) is 0 Å². The molecule has 3 rings (SSSR count). The first-order chi connectivity index (χ1) is 9.73. The molecule has 0 amide bonds. The molecule has 0 saturated carbocycles. The van der Waals surface area contributed by atoms with Gasteiger partial charge >= 0.3 is 0 Å². The molecule has 0 spiro atoms. The molecule has 116 valence electrons. The monoisotopic (exact) mass is 280 g/mol. The van der Waals surface area contributed by atoms with Crippen LogP contribution < -0.4 is 5.73 Å². The van der Waals surface area contributed by atoms with E-state index in [1.165, 1.54) is 77.8 Å². The van der Waals surface area contributed by atoms with Gasteiger partial charge in [0.15, 0.2) is 0 Å². The number of fused-ring (bicyclic) bond motifs is 1. The summed E-state index contributed by atoms with van der Waals surface area (Å²) in [5.74, 6) is 0. The van der Waals surface area contributed by atoms with E-state index in [4.69, 9.17) is 5.73 Å². The number of rotatable bonds is 2. The molecule has 0 aromatic heterocycles. The molecule has 0 radical (unpaired) electrons. The minimum atomic E-state index is 0.286. The van der Waals surface area contributed by atoms with Crippen LogP contribution in [-0.4, -0.2) is 79.1 Å². The van der Waals surface area contributed by atoms with Crippen molar-refractivity contribution in [3.63, 3.8) is 0 Å². The van der Waals surface area contributed by atoms with Gasteiger partial charge in [-0.05, 0) is 58.8 Å². The van der Waals surface area contributed by atoms with Crippen LogP contribution >= 0.6 is 0 Å². The summed E-state index contributed by atoms with van der Waals surface area (Å²) >= 11 is 0. The molecule has 0 bridgehead atoms. The molecule has 3 heterocycles. The van der Waals surface area contributed by atoms with Crippen LogP contribution in [0.5, 0.6) is 0 Å². The lowest BCUT2D eigenvalue weighted by atomic mass is 9.86. The van der Waals surface area contributed by atoms with E-state index in [9.17, 15) is 0 Å². The Morgan fingerprint density at radius 3 is 2.75 bits per heavy atom. The molecule has 0 aromatic carbocycles. The average Bonchev–Trinajstić information content (AvgIpc) is 2.69. The van der Waals surface area contributed by atoms with Gasteiger partial charge in [-0.15, -0.1) is 0 Å². The number of nitrogens with two attached hydrogens (primary N) is 1. The quantitative estimate of drug-likeness (QED) is 0.818. The maximum absolute atomic E-state index is 6.28. The summed E-state index contributed by atoms with van der Waals surface area (Å²) in [4.78, 5) is 7.99. The zero-order valence-corrected chi connectivity index (χ0v) is 13.2. The standard InChI is InChI=1S/C16H32N4/c1-18-8-4-6-16(14-17,7-10-18)20-12-11-19-9-3-2-5-15(19)13-20/h15H,2-14,17H2,1H3. The minimum absolute atomic E-state index is 0.286. The van der Waals surface area contributed by atoms with Gasteiger partial charge in [-0.3, -0.25) is 9.80 Å². The second-order valence-corrected chi connectivity index (χ2v) is 7.22. The second-order valence-electron chi connectivity index (χ2n) is 7.22. The van der Waals surface area contributed by atoms with Gasteiger partial charge in [-0.25, -0.2) is 0 Å². The van der Waals surface area contributed by atoms with Gasteiger partial charge in [0, 0.05) is 37.8 Å². The van der Waals surface area contributed by atoms with Crippen molar-refractivity contribution in [3.05, 3.63) is 0 Å². The van der Waals surface area contributed by atoms with Crippen molar-refractivity contribution in [2.24, 2.45) is 5.73 Å². The molecule has 0 aliphatic carbocycles.